The summed E-state index contributed by atoms with van der Waals surface area (Å²) in [5.74, 6) is -0.964. The van der Waals surface area contributed by atoms with E-state index in [0.717, 1.165) is 45.3 Å². The second kappa shape index (κ2) is 15.6. The number of rotatable bonds is 13. The molecule has 2 N–H and O–H groups in total. The highest BCUT2D eigenvalue weighted by Gasteiger charge is 2.27. The van der Waals surface area contributed by atoms with Gasteiger partial charge in [0.2, 0.25) is 10.0 Å². The van der Waals surface area contributed by atoms with Gasteiger partial charge in [0, 0.05) is 39.6 Å². The number of aromatic carboxylic acids is 1. The van der Waals surface area contributed by atoms with Gasteiger partial charge in [-0.3, -0.25) is 0 Å². The van der Waals surface area contributed by atoms with E-state index in [1.807, 2.05) is 66.7 Å². The first-order valence-corrected chi connectivity index (χ1v) is 18.9. The average Bonchev–Trinajstić information content (AvgIpc) is 3.37. The molecule has 0 spiro atoms. The Balaban J connectivity index is 1.44. The van der Waals surface area contributed by atoms with E-state index in [9.17, 15) is 18.3 Å². The molecular weight excluding hydrogens is 734 g/mol. The Morgan fingerprint density at radius 3 is 1.90 bits per heavy atom. The van der Waals surface area contributed by atoms with Crippen LogP contribution in [0.2, 0.25) is 20.1 Å². The van der Waals surface area contributed by atoms with Crippen molar-refractivity contribution < 1.29 is 18.3 Å². The minimum Gasteiger partial charge on any atom is -0.478 e. The maximum Gasteiger partial charge on any atom is 0.335 e. The molecule has 6 aromatic rings. The first kappa shape index (κ1) is 36.0. The summed E-state index contributed by atoms with van der Waals surface area (Å²) in [5, 5.41) is 11.0. The molecule has 6 rings (SSSR count). The van der Waals surface area contributed by atoms with Gasteiger partial charge in [-0.2, -0.15) is 0 Å². The molecule has 5 aromatic carbocycles. The van der Waals surface area contributed by atoms with E-state index < -0.39 is 16.0 Å². The fourth-order valence-electron chi connectivity index (χ4n) is 6.46. The highest BCUT2D eigenvalue weighted by atomic mass is 35.5. The number of nitrogens with one attached hydrogen (secondary N) is 1. The van der Waals surface area contributed by atoms with E-state index in [2.05, 4.69) is 33.6 Å². The summed E-state index contributed by atoms with van der Waals surface area (Å²) in [6.07, 6.45) is 2.48. The number of benzene rings is 5. The lowest BCUT2D eigenvalue weighted by Crippen LogP contribution is -2.28. The van der Waals surface area contributed by atoms with Gasteiger partial charge in [0.1, 0.15) is 4.90 Å². The van der Waals surface area contributed by atoms with Crippen molar-refractivity contribution in [1.82, 2.24) is 9.29 Å². The summed E-state index contributed by atoms with van der Waals surface area (Å²) in [6, 6.07) is 35.6. The Kier molecular flexibility index (Phi) is 11.2. The van der Waals surface area contributed by atoms with Crippen molar-refractivity contribution in [1.29, 1.82) is 0 Å². The molecule has 50 heavy (non-hydrogen) atoms. The largest absolute Gasteiger partial charge is 0.478 e. The normalized spacial score (nSPS) is 11.8. The minimum atomic E-state index is -4.10. The molecule has 11 heteroatoms. The Morgan fingerprint density at radius 2 is 1.32 bits per heavy atom. The van der Waals surface area contributed by atoms with Crippen molar-refractivity contribution in [2.24, 2.45) is 0 Å². The third kappa shape index (κ3) is 7.89. The number of aromatic nitrogens is 1. The number of sulfonamides is 1. The number of halogens is 4. The molecular formula is C39H32Cl4N2O4S. The Labute approximate surface area is 311 Å². The topological polar surface area (TPSA) is 88.4 Å². The van der Waals surface area contributed by atoms with E-state index in [0.29, 0.717) is 24.3 Å². The van der Waals surface area contributed by atoms with Crippen molar-refractivity contribution in [2.75, 3.05) is 6.54 Å². The predicted octanol–water partition coefficient (Wildman–Crippen LogP) is 10.3. The summed E-state index contributed by atoms with van der Waals surface area (Å²) in [6.45, 7) is 0.0572. The maximum atomic E-state index is 13.5. The van der Waals surface area contributed by atoms with Gasteiger partial charge in [0.25, 0.3) is 0 Å². The van der Waals surface area contributed by atoms with Crippen LogP contribution in [-0.2, 0) is 29.3 Å². The lowest BCUT2D eigenvalue weighted by molar-refractivity contribution is 0.0697. The van der Waals surface area contributed by atoms with Gasteiger partial charge in [-0.05, 0) is 84.0 Å². The number of aryl methyl sites for hydroxylation is 2. The summed E-state index contributed by atoms with van der Waals surface area (Å²) in [4.78, 5) is 11.1. The lowest BCUT2D eigenvalue weighted by Gasteiger charge is -2.25. The smallest absolute Gasteiger partial charge is 0.335 e. The van der Waals surface area contributed by atoms with Crippen LogP contribution in [0.3, 0.4) is 0 Å². The SMILES string of the molecule is O=C(O)c1ccc(CCCc2c(CCNS(=O)(=O)c3c(Cl)cc(Cl)cc3Cl)n(C(c3ccccc3)c3ccccc3)c3ccc(Cl)cc23)cc1. The number of hydrogen-bond acceptors (Lipinski definition) is 3. The highest BCUT2D eigenvalue weighted by Crippen LogP contribution is 2.38. The second-order valence-corrected chi connectivity index (χ2v) is 15.3. The van der Waals surface area contributed by atoms with Gasteiger partial charge in [-0.15, -0.1) is 0 Å². The van der Waals surface area contributed by atoms with Crippen molar-refractivity contribution in [3.63, 3.8) is 0 Å². The van der Waals surface area contributed by atoms with Crippen LogP contribution in [0.25, 0.3) is 10.9 Å². The summed E-state index contributed by atoms with van der Waals surface area (Å²) >= 11 is 25.3. The number of carbonyl (C=O) groups is 1. The van der Waals surface area contributed by atoms with Crippen LogP contribution >= 0.6 is 46.4 Å². The molecule has 1 heterocycles. The molecule has 0 aliphatic carbocycles. The molecule has 256 valence electrons. The molecule has 0 aliphatic heterocycles. The second-order valence-electron chi connectivity index (χ2n) is 11.9. The quantitative estimate of drug-likeness (QED) is 0.123. The highest BCUT2D eigenvalue weighted by molar-refractivity contribution is 7.89. The molecule has 6 nitrogen and oxygen atoms in total. The van der Waals surface area contributed by atoms with E-state index in [1.165, 1.54) is 12.1 Å². The first-order valence-electron chi connectivity index (χ1n) is 15.9. The molecule has 0 saturated heterocycles. The van der Waals surface area contributed by atoms with E-state index in [4.69, 9.17) is 46.4 Å². The molecule has 1 aromatic heterocycles. The molecule has 0 fully saturated rings. The van der Waals surface area contributed by atoms with Gasteiger partial charge in [-0.1, -0.05) is 119 Å². The van der Waals surface area contributed by atoms with Gasteiger partial charge in [0.15, 0.2) is 0 Å². The molecule has 0 aliphatic rings. The molecule has 0 saturated carbocycles. The number of hydrogen-bond donors (Lipinski definition) is 2. The fourth-order valence-corrected chi connectivity index (χ4v) is 9.20. The number of fused-ring (bicyclic) bond motifs is 1. The number of carboxylic acids is 1. The van der Waals surface area contributed by atoms with Gasteiger partial charge >= 0.3 is 5.97 Å². The summed E-state index contributed by atoms with van der Waals surface area (Å²) < 4.78 is 32.1. The average molecular weight is 767 g/mol. The maximum absolute atomic E-state index is 13.5. The standard InChI is InChI=1S/C39H32Cl4N2O4S/c40-29-18-19-35-32(22-29)31(13-7-8-25-14-16-28(17-15-25)39(46)47)36(20-21-44-50(48,49)38-33(42)23-30(41)24-34(38)43)45(35)37(26-9-3-1-4-10-26)27-11-5-2-6-12-27/h1-6,9-12,14-19,22-24,37,44H,7-8,13,20-21H2,(H,46,47). The molecule has 0 atom stereocenters. The van der Waals surface area contributed by atoms with E-state index in [-0.39, 0.29) is 38.1 Å². The summed E-state index contributed by atoms with van der Waals surface area (Å²) in [5.41, 5.74) is 6.38. The first-order chi connectivity index (χ1) is 24.0. The van der Waals surface area contributed by atoms with Gasteiger partial charge in [0.05, 0.1) is 21.7 Å². The zero-order valence-electron chi connectivity index (χ0n) is 26.6. The van der Waals surface area contributed by atoms with Crippen LogP contribution in [0.15, 0.2) is 120 Å². The van der Waals surface area contributed by atoms with Crippen molar-refractivity contribution >= 4 is 73.3 Å². The van der Waals surface area contributed by atoms with Crippen molar-refractivity contribution in [3.05, 3.63) is 169 Å². The van der Waals surface area contributed by atoms with Crippen LogP contribution in [-0.4, -0.2) is 30.6 Å². The van der Waals surface area contributed by atoms with Crippen molar-refractivity contribution in [3.8, 4) is 0 Å². The third-order valence-electron chi connectivity index (χ3n) is 8.65. The molecule has 0 bridgehead atoms. The number of nitrogens with zero attached hydrogens (tertiary/aromatic N) is 1. The van der Waals surface area contributed by atoms with Crippen LogP contribution in [0.4, 0.5) is 0 Å². The Bertz CT molecular complexity index is 2200. The molecule has 0 unspecified atom stereocenters. The van der Waals surface area contributed by atoms with E-state index >= 15 is 0 Å². The monoisotopic (exact) mass is 764 g/mol. The van der Waals surface area contributed by atoms with Crippen LogP contribution in [0, 0.1) is 0 Å². The number of carboxylic acid groups (broad SMARTS) is 1. The molecule has 0 radical (unpaired) electrons. The van der Waals surface area contributed by atoms with E-state index in [1.54, 1.807) is 12.1 Å². The van der Waals surface area contributed by atoms with Crippen LogP contribution in [0.5, 0.6) is 0 Å². The van der Waals surface area contributed by atoms with Crippen molar-refractivity contribution in [2.45, 2.75) is 36.6 Å². The Hall–Kier alpha value is -3.82. The van der Waals surface area contributed by atoms with Crippen LogP contribution < -0.4 is 4.72 Å². The predicted molar refractivity (Wildman–Crippen MR) is 203 cm³/mol. The summed E-state index contributed by atoms with van der Waals surface area (Å²) in [7, 11) is -4.10. The zero-order chi connectivity index (χ0) is 35.4. The van der Waals surface area contributed by atoms with Gasteiger partial charge < -0.3 is 9.67 Å². The fraction of sp³-hybridized carbons (Fsp3) is 0.154. The van der Waals surface area contributed by atoms with Gasteiger partial charge in [-0.25, -0.2) is 17.9 Å². The lowest BCUT2D eigenvalue weighted by atomic mass is 9.97. The molecule has 0 amide bonds. The van der Waals surface area contributed by atoms with Crippen LogP contribution in [0.1, 0.15) is 50.8 Å². The zero-order valence-corrected chi connectivity index (χ0v) is 30.5. The third-order valence-corrected chi connectivity index (χ3v) is 11.5. The minimum absolute atomic E-state index is 0.0572. The Morgan fingerprint density at radius 1 is 0.720 bits per heavy atom.